The molecule has 0 heterocycles. The van der Waals surface area contributed by atoms with E-state index in [4.69, 9.17) is 0 Å². The topological polar surface area (TPSA) is 58.2 Å². The van der Waals surface area contributed by atoms with Crippen molar-refractivity contribution in [2.45, 2.75) is 40.2 Å². The van der Waals surface area contributed by atoms with Crippen LogP contribution in [0.1, 0.15) is 31.4 Å². The summed E-state index contributed by atoms with van der Waals surface area (Å²) < 4.78 is 0. The average Bonchev–Trinajstić information content (AvgIpc) is 2.34. The third kappa shape index (κ3) is 3.58. The summed E-state index contributed by atoms with van der Waals surface area (Å²) in [6.45, 7) is 7.69. The quantitative estimate of drug-likeness (QED) is 0.805. The largest absolute Gasteiger partial charge is 0.345 e. The molecule has 2 N–H and O–H groups in total. The second kappa shape index (κ2) is 6.19. The first-order valence-electron chi connectivity index (χ1n) is 6.13. The van der Waals surface area contributed by atoms with Crippen LogP contribution in [0.25, 0.3) is 0 Å². The van der Waals surface area contributed by atoms with E-state index in [1.807, 2.05) is 39.8 Å². The van der Waals surface area contributed by atoms with E-state index in [0.717, 1.165) is 17.5 Å². The highest BCUT2D eigenvalue weighted by molar-refractivity contribution is 6.39. The minimum atomic E-state index is -0.621. The highest BCUT2D eigenvalue weighted by atomic mass is 16.2. The van der Waals surface area contributed by atoms with Crippen molar-refractivity contribution in [2.75, 3.05) is 5.32 Å². The highest BCUT2D eigenvalue weighted by Gasteiger charge is 2.16. The maximum absolute atomic E-state index is 11.7. The van der Waals surface area contributed by atoms with Crippen LogP contribution in [0.3, 0.4) is 0 Å². The fourth-order valence-electron chi connectivity index (χ4n) is 1.46. The minimum absolute atomic E-state index is 0.00172. The molecule has 0 spiro atoms. The summed E-state index contributed by atoms with van der Waals surface area (Å²) in [5.41, 5.74) is 2.73. The van der Waals surface area contributed by atoms with Crippen LogP contribution in [0, 0.1) is 13.8 Å². The van der Waals surface area contributed by atoms with Gasteiger partial charge < -0.3 is 10.6 Å². The van der Waals surface area contributed by atoms with Crippen LogP contribution < -0.4 is 10.6 Å². The van der Waals surface area contributed by atoms with Gasteiger partial charge in [-0.25, -0.2) is 0 Å². The lowest BCUT2D eigenvalue weighted by Crippen LogP contribution is -2.40. The van der Waals surface area contributed by atoms with Crippen molar-refractivity contribution in [2.24, 2.45) is 0 Å². The molecule has 0 aliphatic heterocycles. The second-order valence-electron chi connectivity index (χ2n) is 4.48. The van der Waals surface area contributed by atoms with Crippen LogP contribution in [0.4, 0.5) is 5.69 Å². The van der Waals surface area contributed by atoms with Gasteiger partial charge in [-0.2, -0.15) is 0 Å². The van der Waals surface area contributed by atoms with Gasteiger partial charge in [-0.1, -0.05) is 19.1 Å². The Labute approximate surface area is 108 Å². The summed E-state index contributed by atoms with van der Waals surface area (Å²) in [6, 6.07) is 5.60. The third-order valence-electron chi connectivity index (χ3n) is 3.05. The van der Waals surface area contributed by atoms with Gasteiger partial charge in [0.05, 0.1) is 0 Å². The molecule has 1 rings (SSSR count). The molecule has 4 heteroatoms. The molecular weight excluding hydrogens is 228 g/mol. The van der Waals surface area contributed by atoms with Crippen LogP contribution in [0.15, 0.2) is 18.2 Å². The number of aryl methyl sites for hydroxylation is 1. The van der Waals surface area contributed by atoms with E-state index in [2.05, 4.69) is 10.6 Å². The Kier molecular flexibility index (Phi) is 4.89. The molecule has 0 fully saturated rings. The van der Waals surface area contributed by atoms with Crippen LogP contribution in [0.5, 0.6) is 0 Å². The molecular formula is C14H20N2O2. The Morgan fingerprint density at radius 1 is 1.22 bits per heavy atom. The monoisotopic (exact) mass is 248 g/mol. The molecule has 1 aromatic carbocycles. The van der Waals surface area contributed by atoms with Crippen LogP contribution in [-0.2, 0) is 9.59 Å². The van der Waals surface area contributed by atoms with Crippen LogP contribution in [-0.4, -0.2) is 17.9 Å². The number of hydrogen-bond donors (Lipinski definition) is 2. The van der Waals surface area contributed by atoms with E-state index in [-0.39, 0.29) is 6.04 Å². The fraction of sp³-hybridized carbons (Fsp3) is 0.429. The second-order valence-corrected chi connectivity index (χ2v) is 4.48. The molecule has 18 heavy (non-hydrogen) atoms. The molecule has 2 amide bonds. The molecule has 0 saturated carbocycles. The van der Waals surface area contributed by atoms with Crippen LogP contribution in [0.2, 0.25) is 0 Å². The van der Waals surface area contributed by atoms with Gasteiger partial charge in [-0.05, 0) is 44.4 Å². The Hall–Kier alpha value is -1.84. The van der Waals surface area contributed by atoms with Gasteiger partial charge in [0.1, 0.15) is 0 Å². The molecule has 0 unspecified atom stereocenters. The first-order chi connectivity index (χ1) is 8.45. The molecule has 1 atom stereocenters. The van der Waals surface area contributed by atoms with Gasteiger partial charge in [-0.15, -0.1) is 0 Å². The van der Waals surface area contributed by atoms with E-state index in [1.54, 1.807) is 6.07 Å². The van der Waals surface area contributed by atoms with Gasteiger partial charge in [-0.3, -0.25) is 9.59 Å². The molecule has 0 aliphatic carbocycles. The average molecular weight is 248 g/mol. The number of rotatable bonds is 3. The number of nitrogens with one attached hydrogen (secondary N) is 2. The summed E-state index contributed by atoms with van der Waals surface area (Å²) in [5, 5.41) is 5.26. The van der Waals surface area contributed by atoms with E-state index >= 15 is 0 Å². The van der Waals surface area contributed by atoms with Crippen molar-refractivity contribution in [3.8, 4) is 0 Å². The van der Waals surface area contributed by atoms with Gasteiger partial charge in [0.25, 0.3) is 0 Å². The summed E-state index contributed by atoms with van der Waals surface area (Å²) in [7, 11) is 0. The van der Waals surface area contributed by atoms with Crippen molar-refractivity contribution >= 4 is 17.5 Å². The third-order valence-corrected chi connectivity index (χ3v) is 3.05. The van der Waals surface area contributed by atoms with E-state index in [9.17, 15) is 9.59 Å². The standard InChI is InChI=1S/C14H20N2O2/c1-5-10(3)15-13(17)14(18)16-12-8-6-7-9(2)11(12)4/h6-8,10H,5H2,1-4H3,(H,15,17)(H,16,18)/t10-/m1/s1. The predicted octanol–water partition coefficient (Wildman–Crippen LogP) is 2.16. The maximum Gasteiger partial charge on any atom is 0.313 e. The summed E-state index contributed by atoms with van der Waals surface area (Å²) >= 11 is 0. The lowest BCUT2D eigenvalue weighted by Gasteiger charge is -2.13. The Morgan fingerprint density at radius 3 is 2.50 bits per heavy atom. The number of anilines is 1. The summed E-state index contributed by atoms with van der Waals surface area (Å²) in [6.07, 6.45) is 0.794. The molecule has 0 saturated heterocycles. The predicted molar refractivity (Wildman–Crippen MR) is 72.4 cm³/mol. The van der Waals surface area contributed by atoms with Crippen molar-refractivity contribution in [1.82, 2.24) is 5.32 Å². The van der Waals surface area contributed by atoms with Gasteiger partial charge in [0.15, 0.2) is 0 Å². The number of amides is 2. The van der Waals surface area contributed by atoms with Gasteiger partial charge in [0.2, 0.25) is 0 Å². The molecule has 0 bridgehead atoms. The van der Waals surface area contributed by atoms with Gasteiger partial charge in [0, 0.05) is 11.7 Å². The maximum atomic E-state index is 11.7. The summed E-state index contributed by atoms with van der Waals surface area (Å²) in [4.78, 5) is 23.3. The highest BCUT2D eigenvalue weighted by Crippen LogP contribution is 2.17. The van der Waals surface area contributed by atoms with Crippen molar-refractivity contribution in [3.63, 3.8) is 0 Å². The Bertz CT molecular complexity index is 455. The lowest BCUT2D eigenvalue weighted by atomic mass is 10.1. The van der Waals surface area contributed by atoms with E-state index < -0.39 is 11.8 Å². The molecule has 0 aliphatic rings. The fourth-order valence-corrected chi connectivity index (χ4v) is 1.46. The zero-order valence-electron chi connectivity index (χ0n) is 11.3. The zero-order chi connectivity index (χ0) is 13.7. The molecule has 4 nitrogen and oxygen atoms in total. The first kappa shape index (κ1) is 14.2. The number of benzene rings is 1. The van der Waals surface area contributed by atoms with Crippen molar-refractivity contribution in [3.05, 3.63) is 29.3 Å². The minimum Gasteiger partial charge on any atom is -0.345 e. The number of carbonyl (C=O) groups excluding carboxylic acids is 2. The van der Waals surface area contributed by atoms with Crippen molar-refractivity contribution < 1.29 is 9.59 Å². The van der Waals surface area contributed by atoms with Gasteiger partial charge >= 0.3 is 11.8 Å². The first-order valence-corrected chi connectivity index (χ1v) is 6.13. The van der Waals surface area contributed by atoms with Crippen LogP contribution >= 0.6 is 0 Å². The number of carbonyl (C=O) groups is 2. The summed E-state index contributed by atoms with van der Waals surface area (Å²) in [5.74, 6) is -1.21. The Morgan fingerprint density at radius 2 is 1.89 bits per heavy atom. The lowest BCUT2D eigenvalue weighted by molar-refractivity contribution is -0.136. The smallest absolute Gasteiger partial charge is 0.313 e. The number of hydrogen-bond acceptors (Lipinski definition) is 2. The molecule has 98 valence electrons. The van der Waals surface area contributed by atoms with E-state index in [0.29, 0.717) is 5.69 Å². The molecule has 1 aromatic rings. The zero-order valence-corrected chi connectivity index (χ0v) is 11.3. The Balaban J connectivity index is 2.70. The van der Waals surface area contributed by atoms with Crippen molar-refractivity contribution in [1.29, 1.82) is 0 Å². The molecule has 0 radical (unpaired) electrons. The normalized spacial score (nSPS) is 11.8. The molecule has 0 aromatic heterocycles. The SMILES string of the molecule is CC[C@@H](C)NC(=O)C(=O)Nc1cccc(C)c1C. The van der Waals surface area contributed by atoms with E-state index in [1.165, 1.54) is 0 Å².